The van der Waals surface area contributed by atoms with Gasteiger partial charge in [0.25, 0.3) is 0 Å². The molecule has 1 saturated carbocycles. The van der Waals surface area contributed by atoms with E-state index in [1.807, 2.05) is 36.4 Å². The third kappa shape index (κ3) is 2.99. The van der Waals surface area contributed by atoms with Crippen LogP contribution in [0.1, 0.15) is 22.9 Å². The quantitative estimate of drug-likeness (QED) is 0.772. The van der Waals surface area contributed by atoms with Crippen LogP contribution in [0.3, 0.4) is 0 Å². The number of fused-ring (bicyclic) bond motifs is 1. The van der Waals surface area contributed by atoms with E-state index >= 15 is 0 Å². The van der Waals surface area contributed by atoms with Crippen LogP contribution < -0.4 is 4.72 Å². The molecule has 2 unspecified atom stereocenters. The Morgan fingerprint density at radius 2 is 2.04 bits per heavy atom. The summed E-state index contributed by atoms with van der Waals surface area (Å²) in [6.07, 6.45) is 4.09. The predicted octanol–water partition coefficient (Wildman–Crippen LogP) is 2.67. The molecule has 2 aromatic heterocycles. The second-order valence-corrected chi connectivity index (χ2v) is 8.71. The number of hydrogen-bond acceptors (Lipinski definition) is 5. The summed E-state index contributed by atoms with van der Waals surface area (Å²) in [5.74, 6) is 0.105. The van der Waals surface area contributed by atoms with Crippen molar-refractivity contribution in [3.63, 3.8) is 0 Å². The van der Waals surface area contributed by atoms with E-state index in [2.05, 4.69) is 14.7 Å². The molecule has 1 N–H and O–H groups in total. The molecule has 7 heteroatoms. The lowest BCUT2D eigenvalue weighted by Crippen LogP contribution is -2.27. The van der Waals surface area contributed by atoms with Gasteiger partial charge >= 0.3 is 0 Å². The lowest BCUT2D eigenvalue weighted by Gasteiger charge is -2.04. The van der Waals surface area contributed by atoms with Crippen molar-refractivity contribution in [3.05, 3.63) is 59.4 Å². The van der Waals surface area contributed by atoms with Crippen LogP contribution in [0.2, 0.25) is 0 Å². The van der Waals surface area contributed by atoms with E-state index in [9.17, 15) is 8.42 Å². The van der Waals surface area contributed by atoms with Crippen LogP contribution >= 0.6 is 11.3 Å². The molecule has 4 rings (SSSR count). The van der Waals surface area contributed by atoms with Crippen LogP contribution in [-0.4, -0.2) is 23.6 Å². The molecule has 23 heavy (non-hydrogen) atoms. The third-order valence-electron chi connectivity index (χ3n) is 4.02. The van der Waals surface area contributed by atoms with Gasteiger partial charge in [-0.3, -0.25) is 4.98 Å². The summed E-state index contributed by atoms with van der Waals surface area (Å²) in [5.41, 5.74) is 1.90. The van der Waals surface area contributed by atoms with Gasteiger partial charge in [-0.15, -0.1) is 11.3 Å². The number of nitrogens with one attached hydrogen (secondary N) is 1. The molecule has 3 aromatic rings. The summed E-state index contributed by atoms with van der Waals surface area (Å²) >= 11 is 1.49. The largest absolute Gasteiger partial charge is 0.262 e. The standard InChI is InChI=1S/C16H15N3O2S2/c20-23(21,15-8-12(15)11-4-2-1-3-5-11)18-10-16-19-13-9-17-7-6-14(13)22-16/h1-7,9,12,15,18H,8,10H2. The highest BCUT2D eigenvalue weighted by molar-refractivity contribution is 7.90. The van der Waals surface area contributed by atoms with Crippen molar-refractivity contribution in [3.8, 4) is 0 Å². The molecule has 118 valence electrons. The maximum atomic E-state index is 12.4. The number of hydrogen-bond donors (Lipinski definition) is 1. The summed E-state index contributed by atoms with van der Waals surface area (Å²) in [6, 6.07) is 11.7. The lowest BCUT2D eigenvalue weighted by atomic mass is 10.1. The minimum absolute atomic E-state index is 0.105. The number of aromatic nitrogens is 2. The van der Waals surface area contributed by atoms with Gasteiger partial charge in [-0.25, -0.2) is 18.1 Å². The summed E-state index contributed by atoms with van der Waals surface area (Å²) in [7, 11) is -3.32. The molecule has 0 spiro atoms. The van der Waals surface area contributed by atoms with Gasteiger partial charge in [0.1, 0.15) is 5.01 Å². The van der Waals surface area contributed by atoms with Crippen molar-refractivity contribution in [1.29, 1.82) is 0 Å². The molecule has 1 fully saturated rings. The fourth-order valence-electron chi connectivity index (χ4n) is 2.74. The highest BCUT2D eigenvalue weighted by Gasteiger charge is 2.47. The Morgan fingerprint density at radius 1 is 1.22 bits per heavy atom. The fourth-order valence-corrected chi connectivity index (χ4v) is 5.31. The second kappa shape index (κ2) is 5.67. The van der Waals surface area contributed by atoms with Gasteiger partial charge in [0.2, 0.25) is 10.0 Å². The van der Waals surface area contributed by atoms with Gasteiger partial charge < -0.3 is 0 Å². The van der Waals surface area contributed by atoms with Crippen molar-refractivity contribution in [2.45, 2.75) is 24.1 Å². The Balaban J connectivity index is 1.44. The van der Waals surface area contributed by atoms with E-state index in [1.165, 1.54) is 11.3 Å². The lowest BCUT2D eigenvalue weighted by molar-refractivity contribution is 0.579. The number of thiazole rings is 1. The zero-order valence-corrected chi connectivity index (χ0v) is 13.8. The fraction of sp³-hybridized carbons (Fsp3) is 0.250. The molecule has 0 radical (unpaired) electrons. The van der Waals surface area contributed by atoms with Crippen LogP contribution in [0, 0.1) is 0 Å². The van der Waals surface area contributed by atoms with Gasteiger partial charge in [-0.1, -0.05) is 30.3 Å². The van der Waals surface area contributed by atoms with Crippen LogP contribution in [0.25, 0.3) is 10.2 Å². The van der Waals surface area contributed by atoms with Crippen LogP contribution in [-0.2, 0) is 16.6 Å². The van der Waals surface area contributed by atoms with Gasteiger partial charge in [0, 0.05) is 12.1 Å². The van der Waals surface area contributed by atoms with Gasteiger partial charge in [-0.05, 0) is 18.1 Å². The number of nitrogens with zero attached hydrogens (tertiary/aromatic N) is 2. The molecule has 1 aliphatic rings. The normalized spacial score (nSPS) is 20.7. The summed E-state index contributed by atoms with van der Waals surface area (Å²) in [5, 5.41) is 0.425. The topological polar surface area (TPSA) is 72.0 Å². The van der Waals surface area contributed by atoms with Gasteiger partial charge in [0.15, 0.2) is 0 Å². The van der Waals surface area contributed by atoms with E-state index in [4.69, 9.17) is 0 Å². The Bertz CT molecular complexity index is 905. The molecule has 5 nitrogen and oxygen atoms in total. The average Bonchev–Trinajstić information content (AvgIpc) is 3.28. The molecule has 0 amide bonds. The molecule has 2 atom stereocenters. The van der Waals surface area contributed by atoms with E-state index in [-0.39, 0.29) is 17.7 Å². The highest BCUT2D eigenvalue weighted by atomic mass is 32.2. The van der Waals surface area contributed by atoms with E-state index in [0.717, 1.165) is 20.8 Å². The SMILES string of the molecule is O=S(=O)(NCc1nc2cnccc2s1)C1CC1c1ccccc1. The number of sulfonamides is 1. The third-order valence-corrected chi connectivity index (χ3v) is 6.92. The first kappa shape index (κ1) is 14.7. The second-order valence-electron chi connectivity index (χ2n) is 5.61. The number of benzene rings is 1. The Labute approximate surface area is 138 Å². The molecule has 1 aromatic carbocycles. The number of pyridine rings is 1. The minimum atomic E-state index is -3.32. The first-order valence-corrected chi connectivity index (χ1v) is 9.72. The minimum Gasteiger partial charge on any atom is -0.262 e. The summed E-state index contributed by atoms with van der Waals surface area (Å²) < 4.78 is 28.6. The first-order chi connectivity index (χ1) is 11.1. The van der Waals surface area contributed by atoms with Crippen LogP contribution in [0.15, 0.2) is 48.8 Å². The zero-order valence-electron chi connectivity index (χ0n) is 12.2. The summed E-state index contributed by atoms with van der Waals surface area (Å²) in [4.78, 5) is 8.42. The smallest absolute Gasteiger partial charge is 0.215 e. The molecule has 0 bridgehead atoms. The van der Waals surface area contributed by atoms with Crippen molar-refractivity contribution < 1.29 is 8.42 Å². The Hall–Kier alpha value is -1.83. The Kier molecular flexibility index (Phi) is 3.63. The van der Waals surface area contributed by atoms with Crippen LogP contribution in [0.5, 0.6) is 0 Å². The molecular weight excluding hydrogens is 330 g/mol. The zero-order chi connectivity index (χ0) is 15.9. The highest BCUT2D eigenvalue weighted by Crippen LogP contribution is 2.45. The molecule has 0 aliphatic heterocycles. The number of rotatable bonds is 5. The maximum Gasteiger partial charge on any atom is 0.215 e. The monoisotopic (exact) mass is 345 g/mol. The van der Waals surface area contributed by atoms with Crippen LogP contribution in [0.4, 0.5) is 0 Å². The van der Waals surface area contributed by atoms with Gasteiger partial charge in [-0.2, -0.15) is 0 Å². The van der Waals surface area contributed by atoms with Gasteiger partial charge in [0.05, 0.1) is 28.2 Å². The van der Waals surface area contributed by atoms with Crippen molar-refractivity contribution in [2.24, 2.45) is 0 Å². The van der Waals surface area contributed by atoms with Crippen molar-refractivity contribution in [2.75, 3.05) is 0 Å². The molecular formula is C16H15N3O2S2. The molecule has 0 saturated heterocycles. The summed E-state index contributed by atoms with van der Waals surface area (Å²) in [6.45, 7) is 0.236. The molecule has 2 heterocycles. The predicted molar refractivity (Wildman–Crippen MR) is 90.8 cm³/mol. The van der Waals surface area contributed by atoms with E-state index in [0.29, 0.717) is 6.42 Å². The van der Waals surface area contributed by atoms with Crippen molar-refractivity contribution in [1.82, 2.24) is 14.7 Å². The van der Waals surface area contributed by atoms with E-state index in [1.54, 1.807) is 12.4 Å². The van der Waals surface area contributed by atoms with Crippen molar-refractivity contribution >= 4 is 31.6 Å². The average molecular weight is 345 g/mol. The first-order valence-electron chi connectivity index (χ1n) is 7.36. The van der Waals surface area contributed by atoms with E-state index < -0.39 is 10.0 Å². The Morgan fingerprint density at radius 3 is 2.83 bits per heavy atom. The molecule has 1 aliphatic carbocycles. The maximum absolute atomic E-state index is 12.4.